The summed E-state index contributed by atoms with van der Waals surface area (Å²) in [6.07, 6.45) is 0.459. The van der Waals surface area contributed by atoms with E-state index in [1.165, 1.54) is 16.0 Å². The van der Waals surface area contributed by atoms with Crippen molar-refractivity contribution in [2.24, 2.45) is 0 Å². The van der Waals surface area contributed by atoms with Gasteiger partial charge in [-0.2, -0.15) is 0 Å². The number of amides is 1. The first-order valence-corrected chi connectivity index (χ1v) is 11.4. The Morgan fingerprint density at radius 2 is 1.94 bits per heavy atom. The summed E-state index contributed by atoms with van der Waals surface area (Å²) >= 11 is 8.16. The van der Waals surface area contributed by atoms with Crippen molar-refractivity contribution in [3.63, 3.8) is 0 Å². The quantitative estimate of drug-likeness (QED) is 0.609. The van der Waals surface area contributed by atoms with E-state index in [1.54, 1.807) is 17.4 Å². The van der Waals surface area contributed by atoms with E-state index in [0.717, 1.165) is 42.2 Å². The third kappa shape index (κ3) is 3.33. The minimum Gasteiger partial charge on any atom is -0.454 e. The Balaban J connectivity index is 1.26. The molecule has 1 amide bonds. The van der Waals surface area contributed by atoms with E-state index < -0.39 is 6.17 Å². The third-order valence-electron chi connectivity index (χ3n) is 5.97. The van der Waals surface area contributed by atoms with E-state index >= 15 is 0 Å². The lowest BCUT2D eigenvalue weighted by Crippen LogP contribution is -2.39. The second-order valence-electron chi connectivity index (χ2n) is 7.93. The van der Waals surface area contributed by atoms with Gasteiger partial charge in [-0.15, -0.1) is 11.3 Å². The van der Waals surface area contributed by atoms with Crippen LogP contribution in [0.4, 0.5) is 5.00 Å². The molecular weight excluding hydrogens is 434 g/mol. The van der Waals surface area contributed by atoms with Gasteiger partial charge in [-0.3, -0.25) is 9.69 Å². The van der Waals surface area contributed by atoms with Crippen molar-refractivity contribution in [1.29, 1.82) is 0 Å². The van der Waals surface area contributed by atoms with Crippen molar-refractivity contribution >= 4 is 33.8 Å². The molecule has 3 aliphatic rings. The van der Waals surface area contributed by atoms with Crippen LogP contribution in [-0.4, -0.2) is 24.1 Å². The molecule has 8 heteroatoms. The zero-order valence-corrected chi connectivity index (χ0v) is 18.2. The Morgan fingerprint density at radius 3 is 2.77 bits per heavy atom. The van der Waals surface area contributed by atoms with Gasteiger partial charge < -0.3 is 20.1 Å². The van der Waals surface area contributed by atoms with Gasteiger partial charge in [0, 0.05) is 36.1 Å². The molecule has 0 fully saturated rings. The summed E-state index contributed by atoms with van der Waals surface area (Å²) in [6.45, 7) is 2.89. The number of halogens is 1. The Bertz CT molecular complexity index is 1180. The zero-order valence-electron chi connectivity index (χ0n) is 16.6. The van der Waals surface area contributed by atoms with E-state index in [0.29, 0.717) is 16.5 Å². The van der Waals surface area contributed by atoms with Crippen LogP contribution in [0.15, 0.2) is 42.5 Å². The van der Waals surface area contributed by atoms with Crippen molar-refractivity contribution < 1.29 is 14.3 Å². The smallest absolute Gasteiger partial charge is 0.256 e. The number of hydrogen-bond donors (Lipinski definition) is 2. The van der Waals surface area contributed by atoms with Crippen LogP contribution in [0.1, 0.15) is 38.1 Å². The minimum absolute atomic E-state index is 0.0542. The molecule has 0 aliphatic carbocycles. The van der Waals surface area contributed by atoms with Crippen LogP contribution in [0, 0.1) is 0 Å². The largest absolute Gasteiger partial charge is 0.454 e. The second-order valence-corrected chi connectivity index (χ2v) is 9.44. The number of nitrogens with zero attached hydrogens (tertiary/aromatic N) is 1. The van der Waals surface area contributed by atoms with Crippen molar-refractivity contribution in [3.8, 4) is 11.5 Å². The summed E-state index contributed by atoms with van der Waals surface area (Å²) in [7, 11) is 0. The maximum absolute atomic E-state index is 13.1. The molecule has 0 saturated carbocycles. The van der Waals surface area contributed by atoms with E-state index in [2.05, 4.69) is 39.8 Å². The van der Waals surface area contributed by atoms with Crippen LogP contribution >= 0.6 is 22.9 Å². The first-order chi connectivity index (χ1) is 15.2. The lowest BCUT2D eigenvalue weighted by atomic mass is 10.00. The first-order valence-electron chi connectivity index (χ1n) is 10.2. The number of thiophene rings is 1. The van der Waals surface area contributed by atoms with Crippen LogP contribution in [0.25, 0.3) is 0 Å². The average molecular weight is 454 g/mol. The van der Waals surface area contributed by atoms with Crippen molar-refractivity contribution in [2.75, 3.05) is 18.7 Å². The fraction of sp³-hybridized carbons (Fsp3) is 0.261. The number of nitrogens with one attached hydrogen (secondary N) is 2. The van der Waals surface area contributed by atoms with Crippen LogP contribution < -0.4 is 20.1 Å². The van der Waals surface area contributed by atoms with Gasteiger partial charge in [-0.25, -0.2) is 0 Å². The molecule has 0 radical (unpaired) electrons. The van der Waals surface area contributed by atoms with E-state index in [1.807, 2.05) is 12.1 Å². The molecule has 6 rings (SSSR count). The van der Waals surface area contributed by atoms with Gasteiger partial charge >= 0.3 is 0 Å². The highest BCUT2D eigenvalue weighted by atomic mass is 35.5. The Labute approximate surface area is 188 Å². The van der Waals surface area contributed by atoms with Crippen molar-refractivity contribution in [1.82, 2.24) is 10.2 Å². The lowest BCUT2D eigenvalue weighted by molar-refractivity contribution is 0.0934. The lowest BCUT2D eigenvalue weighted by Gasteiger charge is -2.29. The van der Waals surface area contributed by atoms with Crippen LogP contribution in [-0.2, 0) is 19.5 Å². The molecule has 0 unspecified atom stereocenters. The molecule has 3 aromatic rings. The predicted octanol–water partition coefficient (Wildman–Crippen LogP) is 4.54. The predicted molar refractivity (Wildman–Crippen MR) is 120 cm³/mol. The highest BCUT2D eigenvalue weighted by Crippen LogP contribution is 2.44. The SMILES string of the molecule is O=C1N[C@@H](c2cc3c(cc2Cl)OCO3)Nc2sc3c(c21)CCN(Cc1ccccc1)C3. The molecule has 6 nitrogen and oxygen atoms in total. The normalized spacial score (nSPS) is 19.4. The number of rotatable bonds is 3. The van der Waals surface area contributed by atoms with Crippen molar-refractivity contribution in [2.45, 2.75) is 25.7 Å². The molecule has 4 heterocycles. The topological polar surface area (TPSA) is 62.8 Å². The average Bonchev–Trinajstić information content (AvgIpc) is 3.37. The molecule has 0 saturated heterocycles. The maximum Gasteiger partial charge on any atom is 0.256 e. The summed E-state index contributed by atoms with van der Waals surface area (Å²) in [5, 5.41) is 7.99. The summed E-state index contributed by atoms with van der Waals surface area (Å²) in [6, 6.07) is 14.1. The molecular formula is C23H20ClN3O3S. The van der Waals surface area contributed by atoms with Gasteiger partial charge in [-0.1, -0.05) is 41.9 Å². The van der Waals surface area contributed by atoms with Gasteiger partial charge in [0.05, 0.1) is 10.6 Å². The molecule has 1 aromatic heterocycles. The maximum atomic E-state index is 13.1. The molecule has 158 valence electrons. The molecule has 0 spiro atoms. The van der Waals surface area contributed by atoms with Crippen LogP contribution in [0.5, 0.6) is 11.5 Å². The Kier molecular flexibility index (Phi) is 4.56. The van der Waals surface area contributed by atoms with Gasteiger partial charge in [0.2, 0.25) is 6.79 Å². The van der Waals surface area contributed by atoms with Gasteiger partial charge in [0.15, 0.2) is 11.5 Å². The van der Waals surface area contributed by atoms with E-state index in [4.69, 9.17) is 21.1 Å². The summed E-state index contributed by atoms with van der Waals surface area (Å²) in [4.78, 5) is 16.8. The number of carbonyl (C=O) groups is 1. The summed E-state index contributed by atoms with van der Waals surface area (Å²) in [5.41, 5.74) is 4.03. The summed E-state index contributed by atoms with van der Waals surface area (Å²) in [5.74, 6) is 1.21. The molecule has 31 heavy (non-hydrogen) atoms. The number of hydrogen-bond acceptors (Lipinski definition) is 6. The zero-order chi connectivity index (χ0) is 20.9. The third-order valence-corrected chi connectivity index (χ3v) is 7.44. The van der Waals surface area contributed by atoms with Gasteiger partial charge in [0.1, 0.15) is 11.2 Å². The van der Waals surface area contributed by atoms with Crippen LogP contribution in [0.3, 0.4) is 0 Å². The molecule has 2 N–H and O–H groups in total. The fourth-order valence-corrected chi connectivity index (χ4v) is 6.03. The fourth-order valence-electron chi connectivity index (χ4n) is 4.45. The number of fused-ring (bicyclic) bond motifs is 4. The Hall–Kier alpha value is -2.74. The number of ether oxygens (including phenoxy) is 2. The number of benzene rings is 2. The monoisotopic (exact) mass is 453 g/mol. The molecule has 2 aromatic carbocycles. The van der Waals surface area contributed by atoms with E-state index in [9.17, 15) is 4.79 Å². The number of anilines is 1. The molecule has 0 bridgehead atoms. The first kappa shape index (κ1) is 19.0. The van der Waals surface area contributed by atoms with Crippen molar-refractivity contribution in [3.05, 3.63) is 74.6 Å². The summed E-state index contributed by atoms with van der Waals surface area (Å²) < 4.78 is 10.9. The highest BCUT2D eigenvalue weighted by Gasteiger charge is 2.34. The van der Waals surface area contributed by atoms with Gasteiger partial charge in [-0.05, 0) is 23.6 Å². The molecule has 3 aliphatic heterocycles. The van der Waals surface area contributed by atoms with E-state index in [-0.39, 0.29) is 12.7 Å². The highest BCUT2D eigenvalue weighted by molar-refractivity contribution is 7.16. The second kappa shape index (κ2) is 7.44. The molecule has 1 atom stereocenters. The Morgan fingerprint density at radius 1 is 1.13 bits per heavy atom. The van der Waals surface area contributed by atoms with Gasteiger partial charge in [0.25, 0.3) is 5.91 Å². The standard InChI is InChI=1S/C23H20ClN3O3S/c24-16-9-18-17(29-12-30-18)8-15(16)21-25-22(28)20-14-6-7-27(10-13-4-2-1-3-5-13)11-19(14)31-23(20)26-21/h1-5,8-9,21,26H,6-7,10-12H2,(H,25,28)/t21-/m1/s1. The minimum atomic E-state index is -0.414. The number of carbonyl (C=O) groups excluding carboxylic acids is 1. The van der Waals surface area contributed by atoms with Crippen LogP contribution in [0.2, 0.25) is 5.02 Å².